The molecule has 1 aromatic rings. The van der Waals surface area contributed by atoms with Crippen LogP contribution in [0.4, 0.5) is 0 Å². The number of rotatable bonds is 2. The molecule has 0 aromatic heterocycles. The van der Waals surface area contributed by atoms with E-state index in [9.17, 15) is 4.91 Å². The largest absolute Gasteiger partial charge is 0.190 e. The summed E-state index contributed by atoms with van der Waals surface area (Å²) >= 11 is 5.58. The van der Waals surface area contributed by atoms with Crippen molar-refractivity contribution in [3.8, 4) is 0 Å². The topological polar surface area (TPSA) is 29.4 Å². The highest BCUT2D eigenvalue weighted by Crippen LogP contribution is 2.21. The molecule has 2 nitrogen and oxygen atoms in total. The Morgan fingerprint density at radius 2 is 2.27 bits per heavy atom. The van der Waals surface area contributed by atoms with Crippen LogP contribution in [0.5, 0.6) is 0 Å². The van der Waals surface area contributed by atoms with E-state index in [2.05, 4.69) is 5.18 Å². The molecule has 1 unspecified atom stereocenters. The van der Waals surface area contributed by atoms with Gasteiger partial charge < -0.3 is 0 Å². The molecule has 0 amide bonds. The normalized spacial score (nSPS) is 12.5. The summed E-state index contributed by atoms with van der Waals surface area (Å²) in [5.74, 6) is 0. The van der Waals surface area contributed by atoms with Crippen molar-refractivity contribution in [2.24, 2.45) is 5.18 Å². The van der Waals surface area contributed by atoms with Gasteiger partial charge in [0.25, 0.3) is 0 Å². The van der Waals surface area contributed by atoms with Gasteiger partial charge in [0.15, 0.2) is 5.50 Å². The average Bonchev–Trinajstić information content (AvgIpc) is 2.03. The summed E-state index contributed by atoms with van der Waals surface area (Å²) in [6.07, 6.45) is 0. The number of benzene rings is 1. The maximum atomic E-state index is 10.0. The summed E-state index contributed by atoms with van der Waals surface area (Å²) in [4.78, 5) is 10.0. The predicted octanol–water partition coefficient (Wildman–Crippen LogP) is 3.00. The molecule has 0 spiro atoms. The molecular weight excluding hydrogens is 162 g/mol. The van der Waals surface area contributed by atoms with Crippen molar-refractivity contribution in [3.63, 3.8) is 0 Å². The van der Waals surface area contributed by atoms with Gasteiger partial charge in [-0.15, -0.1) is 4.91 Å². The fraction of sp³-hybridized carbons (Fsp3) is 0.250. The van der Waals surface area contributed by atoms with Crippen molar-refractivity contribution in [3.05, 3.63) is 40.3 Å². The second-order valence-corrected chi connectivity index (χ2v) is 2.77. The molecule has 0 heterocycles. The van der Waals surface area contributed by atoms with Crippen LogP contribution in [-0.2, 0) is 0 Å². The number of hydrogen-bond donors (Lipinski definition) is 0. The van der Waals surface area contributed by atoms with Gasteiger partial charge >= 0.3 is 0 Å². The SMILES string of the molecule is Cc1cccc(C(Cl)N=O)c1. The first-order chi connectivity index (χ1) is 5.24. The molecule has 0 aliphatic carbocycles. The van der Waals surface area contributed by atoms with E-state index in [0.29, 0.717) is 0 Å². The van der Waals surface area contributed by atoms with Gasteiger partial charge in [-0.1, -0.05) is 41.4 Å². The molecule has 58 valence electrons. The molecule has 0 saturated carbocycles. The minimum absolute atomic E-state index is 0.752. The van der Waals surface area contributed by atoms with Crippen LogP contribution in [0.1, 0.15) is 16.6 Å². The first-order valence-corrected chi connectivity index (χ1v) is 3.71. The lowest BCUT2D eigenvalue weighted by atomic mass is 10.1. The van der Waals surface area contributed by atoms with Crippen LogP contribution >= 0.6 is 11.6 Å². The molecule has 11 heavy (non-hydrogen) atoms. The Bertz CT molecular complexity index is 262. The number of hydrogen-bond acceptors (Lipinski definition) is 2. The Kier molecular flexibility index (Phi) is 2.60. The Morgan fingerprint density at radius 3 is 2.82 bits per heavy atom. The number of nitrogens with zero attached hydrogens (tertiary/aromatic N) is 1. The number of aryl methyl sites for hydroxylation is 1. The zero-order chi connectivity index (χ0) is 8.27. The summed E-state index contributed by atoms with van der Waals surface area (Å²) in [6, 6.07) is 7.42. The van der Waals surface area contributed by atoms with Crippen LogP contribution in [0.3, 0.4) is 0 Å². The van der Waals surface area contributed by atoms with Gasteiger partial charge in [-0.2, -0.15) is 0 Å². The molecule has 0 N–H and O–H groups in total. The van der Waals surface area contributed by atoms with E-state index < -0.39 is 5.50 Å². The van der Waals surface area contributed by atoms with E-state index in [1.165, 1.54) is 0 Å². The molecular formula is C8H8ClNO. The second-order valence-electron chi connectivity index (χ2n) is 2.36. The molecule has 0 saturated heterocycles. The maximum absolute atomic E-state index is 10.0. The van der Waals surface area contributed by atoms with E-state index in [-0.39, 0.29) is 0 Å². The third kappa shape index (κ3) is 2.02. The van der Waals surface area contributed by atoms with E-state index in [1.54, 1.807) is 6.07 Å². The van der Waals surface area contributed by atoms with Crippen molar-refractivity contribution < 1.29 is 0 Å². The molecule has 1 aromatic carbocycles. The van der Waals surface area contributed by atoms with Gasteiger partial charge in [-0.25, -0.2) is 0 Å². The Morgan fingerprint density at radius 1 is 1.55 bits per heavy atom. The van der Waals surface area contributed by atoms with Crippen LogP contribution in [0.15, 0.2) is 29.4 Å². The van der Waals surface area contributed by atoms with Gasteiger partial charge in [-0.3, -0.25) is 0 Å². The third-order valence-electron chi connectivity index (χ3n) is 1.41. The number of nitroso groups, excluding NO2 is 1. The highest BCUT2D eigenvalue weighted by atomic mass is 35.5. The van der Waals surface area contributed by atoms with Crippen LogP contribution in [0, 0.1) is 11.8 Å². The van der Waals surface area contributed by atoms with Gasteiger partial charge in [0.05, 0.1) is 0 Å². The number of halogens is 1. The highest BCUT2D eigenvalue weighted by molar-refractivity contribution is 6.20. The first kappa shape index (κ1) is 8.21. The summed E-state index contributed by atoms with van der Waals surface area (Å²) < 4.78 is 0. The standard InChI is InChI=1S/C8H8ClNO/c1-6-3-2-4-7(5-6)8(9)10-11/h2-5,8H,1H3. The zero-order valence-corrected chi connectivity index (χ0v) is 6.88. The molecule has 3 heteroatoms. The molecule has 0 radical (unpaired) electrons. The van der Waals surface area contributed by atoms with Crippen molar-refractivity contribution in [1.82, 2.24) is 0 Å². The molecule has 1 atom stereocenters. The van der Waals surface area contributed by atoms with E-state index in [1.807, 2.05) is 25.1 Å². The number of alkyl halides is 1. The summed E-state index contributed by atoms with van der Waals surface area (Å²) in [6.45, 7) is 1.94. The summed E-state index contributed by atoms with van der Waals surface area (Å²) in [5.41, 5.74) is 1.08. The lowest BCUT2D eigenvalue weighted by Gasteiger charge is -2.00. The molecule has 0 aliphatic heterocycles. The molecule has 0 bridgehead atoms. The van der Waals surface area contributed by atoms with E-state index in [0.717, 1.165) is 11.1 Å². The molecule has 1 rings (SSSR count). The highest BCUT2D eigenvalue weighted by Gasteiger charge is 2.05. The van der Waals surface area contributed by atoms with Crippen LogP contribution < -0.4 is 0 Å². The first-order valence-electron chi connectivity index (χ1n) is 3.27. The van der Waals surface area contributed by atoms with Crippen molar-refractivity contribution in [1.29, 1.82) is 0 Å². The average molecular weight is 170 g/mol. The third-order valence-corrected chi connectivity index (χ3v) is 1.74. The maximum Gasteiger partial charge on any atom is 0.190 e. The lowest BCUT2D eigenvalue weighted by Crippen LogP contribution is -1.85. The van der Waals surface area contributed by atoms with E-state index in [4.69, 9.17) is 11.6 Å². The Hall–Kier alpha value is -0.890. The molecule has 0 fully saturated rings. The Balaban J connectivity index is 2.95. The monoisotopic (exact) mass is 169 g/mol. The van der Waals surface area contributed by atoms with E-state index >= 15 is 0 Å². The summed E-state index contributed by atoms with van der Waals surface area (Å²) in [7, 11) is 0. The predicted molar refractivity (Wildman–Crippen MR) is 45.6 cm³/mol. The fourth-order valence-corrected chi connectivity index (χ4v) is 1.01. The molecule has 0 aliphatic rings. The van der Waals surface area contributed by atoms with Crippen molar-refractivity contribution >= 4 is 11.6 Å². The fourth-order valence-electron chi connectivity index (χ4n) is 0.879. The van der Waals surface area contributed by atoms with Crippen molar-refractivity contribution in [2.75, 3.05) is 0 Å². The van der Waals surface area contributed by atoms with Gasteiger partial charge in [-0.05, 0) is 17.7 Å². The second kappa shape index (κ2) is 3.49. The van der Waals surface area contributed by atoms with Crippen LogP contribution in [0.25, 0.3) is 0 Å². The van der Waals surface area contributed by atoms with Crippen LogP contribution in [-0.4, -0.2) is 0 Å². The van der Waals surface area contributed by atoms with Crippen LogP contribution in [0.2, 0.25) is 0 Å². The quantitative estimate of drug-likeness (QED) is 0.380. The van der Waals surface area contributed by atoms with Gasteiger partial charge in [0.2, 0.25) is 0 Å². The van der Waals surface area contributed by atoms with Crippen molar-refractivity contribution in [2.45, 2.75) is 12.4 Å². The van der Waals surface area contributed by atoms with Gasteiger partial charge in [0.1, 0.15) is 0 Å². The summed E-state index contributed by atoms with van der Waals surface area (Å²) in [5, 5.41) is 2.72. The van der Waals surface area contributed by atoms with Gasteiger partial charge in [0, 0.05) is 0 Å². The minimum Gasteiger partial charge on any atom is -0.149 e. The zero-order valence-electron chi connectivity index (χ0n) is 6.12. The smallest absolute Gasteiger partial charge is 0.149 e. The minimum atomic E-state index is -0.755. The Labute approximate surface area is 70.2 Å². The lowest BCUT2D eigenvalue weighted by molar-refractivity contribution is 1.00.